The van der Waals surface area contributed by atoms with Crippen molar-refractivity contribution in [2.45, 2.75) is 38.8 Å². The number of nitrogens with zero attached hydrogens (tertiary/aromatic N) is 2. The summed E-state index contributed by atoms with van der Waals surface area (Å²) in [5, 5.41) is 4.13. The summed E-state index contributed by atoms with van der Waals surface area (Å²) in [6.45, 7) is 8.80. The molecule has 2 aromatic rings. The molecule has 1 amide bonds. The summed E-state index contributed by atoms with van der Waals surface area (Å²) in [7, 11) is 0. The smallest absolute Gasteiger partial charge is 0.234 e. The second-order valence-electron chi connectivity index (χ2n) is 6.65. The third-order valence-corrected chi connectivity index (χ3v) is 5.69. The van der Waals surface area contributed by atoms with Crippen LogP contribution >= 0.6 is 11.3 Å². The van der Waals surface area contributed by atoms with Gasteiger partial charge in [0.15, 0.2) is 0 Å². The highest BCUT2D eigenvalue weighted by molar-refractivity contribution is 7.18. The van der Waals surface area contributed by atoms with E-state index in [1.165, 1.54) is 4.70 Å². The minimum atomic E-state index is 0.0731. The van der Waals surface area contributed by atoms with Crippen molar-refractivity contribution in [2.75, 3.05) is 26.2 Å². The number of carbonyl (C=O) groups excluding carboxylic acids is 1. The minimum Gasteiger partial charge on any atom is -0.376 e. The molecule has 0 aliphatic carbocycles. The van der Waals surface area contributed by atoms with E-state index in [4.69, 9.17) is 4.74 Å². The fourth-order valence-corrected chi connectivity index (χ4v) is 3.91. The Kier molecular flexibility index (Phi) is 5.48. The molecular weight excluding hydrogens is 322 g/mol. The number of rotatable bonds is 5. The van der Waals surface area contributed by atoms with E-state index in [1.54, 1.807) is 11.3 Å². The van der Waals surface area contributed by atoms with Gasteiger partial charge in [-0.05, 0) is 26.0 Å². The highest BCUT2D eigenvalue weighted by Crippen LogP contribution is 2.26. The standard InChI is InChI=1S/C18H25N3O2S/c1-12(18-20-15-6-4-5-7-16(15)24-18)8-19-17(22)10-21-9-14(3)23-11-13(21)2/h4-7,12-14H,8-11H2,1-3H3,(H,19,22)/t12-,13-,14-/m1/s1. The van der Waals surface area contributed by atoms with Gasteiger partial charge in [-0.15, -0.1) is 11.3 Å². The first-order chi connectivity index (χ1) is 11.5. The second kappa shape index (κ2) is 7.59. The third-order valence-electron chi connectivity index (χ3n) is 4.42. The number of thiazole rings is 1. The van der Waals surface area contributed by atoms with Crippen LogP contribution in [0.4, 0.5) is 0 Å². The normalized spacial score (nSPS) is 23.3. The van der Waals surface area contributed by atoms with Crippen LogP contribution in [0.25, 0.3) is 10.2 Å². The first kappa shape index (κ1) is 17.3. The van der Waals surface area contributed by atoms with Gasteiger partial charge in [0.2, 0.25) is 5.91 Å². The molecule has 1 aromatic carbocycles. The molecule has 0 spiro atoms. The monoisotopic (exact) mass is 347 g/mol. The van der Waals surface area contributed by atoms with Gasteiger partial charge in [-0.25, -0.2) is 4.98 Å². The molecule has 0 saturated carbocycles. The van der Waals surface area contributed by atoms with E-state index < -0.39 is 0 Å². The Morgan fingerprint density at radius 1 is 1.46 bits per heavy atom. The van der Waals surface area contributed by atoms with Gasteiger partial charge in [-0.1, -0.05) is 19.1 Å². The van der Waals surface area contributed by atoms with Crippen molar-refractivity contribution in [2.24, 2.45) is 0 Å². The van der Waals surface area contributed by atoms with Gasteiger partial charge < -0.3 is 10.1 Å². The molecule has 3 atom stereocenters. The van der Waals surface area contributed by atoms with E-state index in [0.717, 1.165) is 17.1 Å². The topological polar surface area (TPSA) is 54.5 Å². The molecule has 0 bridgehead atoms. The Balaban J connectivity index is 1.51. The second-order valence-corrected chi connectivity index (χ2v) is 7.71. The number of aromatic nitrogens is 1. The van der Waals surface area contributed by atoms with Crippen molar-refractivity contribution in [3.63, 3.8) is 0 Å². The summed E-state index contributed by atoms with van der Waals surface area (Å²) in [5.74, 6) is 0.288. The molecular formula is C18H25N3O2S. The van der Waals surface area contributed by atoms with Crippen LogP contribution < -0.4 is 5.32 Å². The van der Waals surface area contributed by atoms with Crippen molar-refractivity contribution in [3.05, 3.63) is 29.3 Å². The minimum absolute atomic E-state index is 0.0731. The SMILES string of the molecule is C[C@@H]1CN(CC(=O)NC[C@@H](C)c2nc3ccccc3s2)[C@H](C)CO1. The van der Waals surface area contributed by atoms with Crippen molar-refractivity contribution in [1.82, 2.24) is 15.2 Å². The zero-order chi connectivity index (χ0) is 17.1. The number of nitrogens with one attached hydrogen (secondary N) is 1. The maximum atomic E-state index is 12.3. The lowest BCUT2D eigenvalue weighted by Gasteiger charge is -2.36. The van der Waals surface area contributed by atoms with Crippen LogP contribution in [0, 0.1) is 0 Å². The zero-order valence-electron chi connectivity index (χ0n) is 14.5. The van der Waals surface area contributed by atoms with Crippen molar-refractivity contribution in [1.29, 1.82) is 0 Å². The first-order valence-electron chi connectivity index (χ1n) is 8.50. The predicted octanol–water partition coefficient (Wildman–Crippen LogP) is 2.63. The molecule has 3 rings (SSSR count). The van der Waals surface area contributed by atoms with E-state index in [2.05, 4.69) is 35.1 Å². The Morgan fingerprint density at radius 3 is 3.04 bits per heavy atom. The molecule has 2 heterocycles. The Bertz CT molecular complexity index is 669. The van der Waals surface area contributed by atoms with Gasteiger partial charge in [0.1, 0.15) is 0 Å². The van der Waals surface area contributed by atoms with E-state index in [9.17, 15) is 4.79 Å². The summed E-state index contributed by atoms with van der Waals surface area (Å²) in [6.07, 6.45) is 0.190. The largest absolute Gasteiger partial charge is 0.376 e. The Hall–Kier alpha value is -1.50. The van der Waals surface area contributed by atoms with Crippen LogP contribution in [0.2, 0.25) is 0 Å². The van der Waals surface area contributed by atoms with E-state index in [0.29, 0.717) is 19.7 Å². The summed E-state index contributed by atoms with van der Waals surface area (Å²) in [6, 6.07) is 8.43. The van der Waals surface area contributed by atoms with Crippen LogP contribution in [-0.2, 0) is 9.53 Å². The van der Waals surface area contributed by atoms with Gasteiger partial charge in [0.05, 0.1) is 34.5 Å². The van der Waals surface area contributed by atoms with Gasteiger partial charge in [-0.3, -0.25) is 9.69 Å². The number of fused-ring (bicyclic) bond motifs is 1. The number of hydrogen-bond donors (Lipinski definition) is 1. The predicted molar refractivity (Wildman–Crippen MR) is 97.5 cm³/mol. The summed E-state index contributed by atoms with van der Waals surface area (Å²) in [5.41, 5.74) is 1.03. The zero-order valence-corrected chi connectivity index (χ0v) is 15.3. The van der Waals surface area contributed by atoms with Crippen LogP contribution in [0.3, 0.4) is 0 Å². The Labute approximate surface area is 147 Å². The van der Waals surface area contributed by atoms with Crippen molar-refractivity contribution >= 4 is 27.5 Å². The molecule has 1 fully saturated rings. The van der Waals surface area contributed by atoms with Gasteiger partial charge in [0.25, 0.3) is 0 Å². The number of ether oxygens (including phenoxy) is 1. The van der Waals surface area contributed by atoms with Crippen LogP contribution in [0.5, 0.6) is 0 Å². The van der Waals surface area contributed by atoms with Crippen molar-refractivity contribution in [3.8, 4) is 0 Å². The molecule has 1 aliphatic heterocycles. The number of carbonyl (C=O) groups is 1. The molecule has 1 saturated heterocycles. The van der Waals surface area contributed by atoms with Gasteiger partial charge in [0, 0.05) is 25.0 Å². The fraction of sp³-hybridized carbons (Fsp3) is 0.556. The van der Waals surface area contributed by atoms with E-state index >= 15 is 0 Å². The maximum Gasteiger partial charge on any atom is 0.234 e. The van der Waals surface area contributed by atoms with Crippen LogP contribution in [-0.4, -0.2) is 54.2 Å². The lowest BCUT2D eigenvalue weighted by atomic mass is 10.2. The summed E-state index contributed by atoms with van der Waals surface area (Å²) < 4.78 is 6.80. The highest BCUT2D eigenvalue weighted by Gasteiger charge is 2.25. The number of hydrogen-bond acceptors (Lipinski definition) is 5. The molecule has 1 aromatic heterocycles. The van der Waals surface area contributed by atoms with Crippen LogP contribution in [0.15, 0.2) is 24.3 Å². The lowest BCUT2D eigenvalue weighted by Crippen LogP contribution is -2.51. The number of benzene rings is 1. The van der Waals surface area contributed by atoms with E-state index in [1.807, 2.05) is 25.1 Å². The molecule has 5 nitrogen and oxygen atoms in total. The average Bonchev–Trinajstić information content (AvgIpc) is 3.00. The first-order valence-corrected chi connectivity index (χ1v) is 9.32. The molecule has 24 heavy (non-hydrogen) atoms. The molecule has 0 unspecified atom stereocenters. The third kappa shape index (κ3) is 4.12. The summed E-state index contributed by atoms with van der Waals surface area (Å²) in [4.78, 5) is 19.1. The quantitative estimate of drug-likeness (QED) is 0.903. The highest BCUT2D eigenvalue weighted by atomic mass is 32.1. The number of amides is 1. The van der Waals surface area contributed by atoms with E-state index in [-0.39, 0.29) is 24.0 Å². The molecule has 130 valence electrons. The van der Waals surface area contributed by atoms with Crippen molar-refractivity contribution < 1.29 is 9.53 Å². The fourth-order valence-electron chi connectivity index (χ4n) is 2.89. The average molecular weight is 347 g/mol. The molecule has 0 radical (unpaired) electrons. The van der Waals surface area contributed by atoms with Gasteiger partial charge >= 0.3 is 0 Å². The Morgan fingerprint density at radius 2 is 2.25 bits per heavy atom. The number of para-hydroxylation sites is 1. The molecule has 6 heteroatoms. The maximum absolute atomic E-state index is 12.3. The molecule has 1 N–H and O–H groups in total. The summed E-state index contributed by atoms with van der Waals surface area (Å²) >= 11 is 1.70. The number of morpholine rings is 1. The lowest BCUT2D eigenvalue weighted by molar-refractivity contribution is -0.125. The van der Waals surface area contributed by atoms with Gasteiger partial charge in [-0.2, -0.15) is 0 Å². The molecule has 1 aliphatic rings. The van der Waals surface area contributed by atoms with Crippen LogP contribution in [0.1, 0.15) is 31.7 Å².